The second kappa shape index (κ2) is 5.08. The lowest BCUT2D eigenvalue weighted by Crippen LogP contribution is -2.09. The first-order valence-electron chi connectivity index (χ1n) is 5.30. The molecule has 0 unspecified atom stereocenters. The largest absolute Gasteiger partial charge is 0.389 e. The summed E-state index contributed by atoms with van der Waals surface area (Å²) in [6.07, 6.45) is 1.27. The average molecular weight is 206 g/mol. The van der Waals surface area contributed by atoms with Crippen LogP contribution < -0.4 is 0 Å². The first-order chi connectivity index (χ1) is 7.08. The topological polar surface area (TPSA) is 37.3 Å². The molecule has 0 spiro atoms. The minimum absolute atomic E-state index is 0.118. The molecule has 1 rings (SSSR count). The van der Waals surface area contributed by atoms with Crippen LogP contribution >= 0.6 is 0 Å². The Kier molecular flexibility index (Phi) is 4.04. The predicted octanol–water partition coefficient (Wildman–Crippen LogP) is 1.97. The zero-order valence-electron chi connectivity index (χ0n) is 9.63. The van der Waals surface area contributed by atoms with Crippen LogP contribution in [0.25, 0.3) is 0 Å². The number of carbonyl (C=O) groups is 1. The summed E-state index contributed by atoms with van der Waals surface area (Å²) in [5.74, 6) is -0.118. The molecule has 0 atom stereocenters. The number of hydrogen-bond acceptors (Lipinski definition) is 2. The lowest BCUT2D eigenvalue weighted by atomic mass is 9.95. The maximum atomic E-state index is 11.2. The molecule has 0 bridgehead atoms. The van der Waals surface area contributed by atoms with Gasteiger partial charge < -0.3 is 5.11 Å². The number of aryl methyl sites for hydroxylation is 3. The van der Waals surface area contributed by atoms with Crippen molar-refractivity contribution in [1.29, 1.82) is 0 Å². The van der Waals surface area contributed by atoms with Crippen LogP contribution in [0.2, 0.25) is 0 Å². The Morgan fingerprint density at radius 2 is 1.73 bits per heavy atom. The number of aliphatic hydroxyl groups excluding tert-OH is 1. The zero-order valence-corrected chi connectivity index (χ0v) is 9.63. The summed E-state index contributed by atoms with van der Waals surface area (Å²) >= 11 is 0. The molecule has 0 amide bonds. The molecule has 0 radical (unpaired) electrons. The number of Topliss-reactive ketones (excluding diaryl/α,β-unsaturated/α-hetero) is 1. The highest BCUT2D eigenvalue weighted by Crippen LogP contribution is 2.17. The number of aliphatic hydroxyl groups is 1. The summed E-state index contributed by atoms with van der Waals surface area (Å²) in [7, 11) is 0. The fourth-order valence-electron chi connectivity index (χ4n) is 1.70. The Balaban J connectivity index is 3.05. The molecule has 1 aromatic carbocycles. The third-order valence-electron chi connectivity index (χ3n) is 2.76. The van der Waals surface area contributed by atoms with Gasteiger partial charge in [-0.05, 0) is 42.5 Å². The lowest BCUT2D eigenvalue weighted by molar-refractivity contribution is -0.121. The summed E-state index contributed by atoms with van der Waals surface area (Å²) < 4.78 is 0. The normalized spacial score (nSPS) is 10.4. The number of hydrogen-bond donors (Lipinski definition) is 1. The molecule has 0 aliphatic heterocycles. The molecule has 0 heterocycles. The van der Waals surface area contributed by atoms with Crippen LogP contribution in [-0.2, 0) is 17.6 Å². The first-order valence-corrected chi connectivity index (χ1v) is 5.30. The highest BCUT2D eigenvalue weighted by Gasteiger charge is 2.08. The predicted molar refractivity (Wildman–Crippen MR) is 61.1 cm³/mol. The summed E-state index contributed by atoms with van der Waals surface area (Å²) in [4.78, 5) is 11.2. The molecule has 0 saturated heterocycles. The second-order valence-corrected chi connectivity index (χ2v) is 3.93. The smallest absolute Gasteiger partial charge is 0.162 e. The van der Waals surface area contributed by atoms with E-state index < -0.39 is 0 Å². The number of carbonyl (C=O) groups excluding carboxylic acids is 1. The van der Waals surface area contributed by atoms with Crippen molar-refractivity contribution in [1.82, 2.24) is 0 Å². The van der Waals surface area contributed by atoms with Gasteiger partial charge in [-0.3, -0.25) is 4.79 Å². The van der Waals surface area contributed by atoms with Crippen LogP contribution in [0.4, 0.5) is 0 Å². The Hall–Kier alpha value is -1.15. The van der Waals surface area contributed by atoms with Crippen molar-refractivity contribution < 1.29 is 9.90 Å². The molecule has 1 N–H and O–H groups in total. The van der Waals surface area contributed by atoms with Gasteiger partial charge in [-0.25, -0.2) is 0 Å². The van der Waals surface area contributed by atoms with Gasteiger partial charge in [0.05, 0.1) is 0 Å². The second-order valence-electron chi connectivity index (χ2n) is 3.93. The van der Waals surface area contributed by atoms with Crippen LogP contribution in [0.15, 0.2) is 12.1 Å². The number of rotatable bonds is 4. The van der Waals surface area contributed by atoms with E-state index in [0.29, 0.717) is 6.42 Å². The SMILES string of the molecule is CCc1cc(C)c(C)cc1CC(=O)CO. The van der Waals surface area contributed by atoms with Gasteiger partial charge in [0.1, 0.15) is 6.61 Å². The Bertz CT molecular complexity index is 367. The summed E-state index contributed by atoms with van der Waals surface area (Å²) in [6.45, 7) is 5.83. The van der Waals surface area contributed by atoms with Gasteiger partial charge >= 0.3 is 0 Å². The molecule has 0 aliphatic rings. The van der Waals surface area contributed by atoms with Crippen molar-refractivity contribution >= 4 is 5.78 Å². The van der Waals surface area contributed by atoms with Crippen LogP contribution in [0, 0.1) is 13.8 Å². The van der Waals surface area contributed by atoms with E-state index in [1.165, 1.54) is 16.7 Å². The molecule has 2 heteroatoms. The van der Waals surface area contributed by atoms with Gasteiger partial charge in [0.15, 0.2) is 5.78 Å². The number of ketones is 1. The Morgan fingerprint density at radius 1 is 1.20 bits per heavy atom. The molecule has 15 heavy (non-hydrogen) atoms. The highest BCUT2D eigenvalue weighted by atomic mass is 16.3. The minimum Gasteiger partial charge on any atom is -0.389 e. The van der Waals surface area contributed by atoms with Crippen molar-refractivity contribution in [2.24, 2.45) is 0 Å². The molecule has 1 aromatic rings. The van der Waals surface area contributed by atoms with Gasteiger partial charge in [0.25, 0.3) is 0 Å². The van der Waals surface area contributed by atoms with Gasteiger partial charge in [0.2, 0.25) is 0 Å². The van der Waals surface area contributed by atoms with Gasteiger partial charge in [0, 0.05) is 6.42 Å². The third-order valence-corrected chi connectivity index (χ3v) is 2.76. The third kappa shape index (κ3) is 2.90. The minimum atomic E-state index is -0.365. The van der Waals surface area contributed by atoms with Gasteiger partial charge in [-0.15, -0.1) is 0 Å². The summed E-state index contributed by atoms with van der Waals surface area (Å²) in [6, 6.07) is 4.19. The molecule has 0 saturated carbocycles. The quantitative estimate of drug-likeness (QED) is 0.817. The van der Waals surface area contributed by atoms with Crippen molar-refractivity contribution in [2.75, 3.05) is 6.61 Å². The monoisotopic (exact) mass is 206 g/mol. The first kappa shape index (κ1) is 11.9. The molecular formula is C13H18O2. The maximum absolute atomic E-state index is 11.2. The van der Waals surface area contributed by atoms with E-state index in [0.717, 1.165) is 12.0 Å². The van der Waals surface area contributed by atoms with Crippen LogP contribution in [0.3, 0.4) is 0 Å². The number of benzene rings is 1. The van der Waals surface area contributed by atoms with Crippen LogP contribution in [0.1, 0.15) is 29.2 Å². The van der Waals surface area contributed by atoms with E-state index in [2.05, 4.69) is 26.0 Å². The van der Waals surface area contributed by atoms with E-state index in [4.69, 9.17) is 5.11 Å². The van der Waals surface area contributed by atoms with Crippen molar-refractivity contribution in [3.63, 3.8) is 0 Å². The molecule has 2 nitrogen and oxygen atoms in total. The van der Waals surface area contributed by atoms with Crippen molar-refractivity contribution in [2.45, 2.75) is 33.6 Å². The standard InChI is InChI=1S/C13H18O2/c1-4-11-5-9(2)10(3)6-12(11)7-13(15)8-14/h5-6,14H,4,7-8H2,1-3H3. The molecule has 82 valence electrons. The molecular weight excluding hydrogens is 188 g/mol. The summed E-state index contributed by atoms with van der Waals surface area (Å²) in [5.41, 5.74) is 4.72. The van der Waals surface area contributed by atoms with Crippen molar-refractivity contribution in [3.05, 3.63) is 34.4 Å². The summed E-state index contributed by atoms with van der Waals surface area (Å²) in [5, 5.41) is 8.73. The Morgan fingerprint density at radius 3 is 2.20 bits per heavy atom. The Labute approximate surface area is 90.9 Å². The van der Waals surface area contributed by atoms with Crippen LogP contribution in [-0.4, -0.2) is 17.5 Å². The van der Waals surface area contributed by atoms with E-state index in [9.17, 15) is 4.79 Å². The van der Waals surface area contributed by atoms with E-state index in [1.807, 2.05) is 6.92 Å². The average Bonchev–Trinajstić information content (AvgIpc) is 2.22. The van der Waals surface area contributed by atoms with Crippen LogP contribution in [0.5, 0.6) is 0 Å². The fourth-order valence-corrected chi connectivity index (χ4v) is 1.70. The highest BCUT2D eigenvalue weighted by molar-refractivity contribution is 5.82. The van der Waals surface area contributed by atoms with Gasteiger partial charge in [-0.2, -0.15) is 0 Å². The maximum Gasteiger partial charge on any atom is 0.162 e. The van der Waals surface area contributed by atoms with E-state index in [1.54, 1.807) is 0 Å². The van der Waals surface area contributed by atoms with Crippen molar-refractivity contribution in [3.8, 4) is 0 Å². The molecule has 0 fully saturated rings. The fraction of sp³-hybridized carbons (Fsp3) is 0.462. The molecule has 0 aliphatic carbocycles. The van der Waals surface area contributed by atoms with Gasteiger partial charge in [-0.1, -0.05) is 19.1 Å². The van der Waals surface area contributed by atoms with E-state index >= 15 is 0 Å². The molecule has 0 aromatic heterocycles. The zero-order chi connectivity index (χ0) is 11.4. The van der Waals surface area contributed by atoms with E-state index in [-0.39, 0.29) is 12.4 Å². The lowest BCUT2D eigenvalue weighted by Gasteiger charge is -2.10.